The van der Waals surface area contributed by atoms with E-state index < -0.39 is 0 Å². The van der Waals surface area contributed by atoms with Crippen LogP contribution in [0, 0.1) is 11.8 Å². The molecule has 4 N–H and O–H groups in total. The van der Waals surface area contributed by atoms with Gasteiger partial charge in [-0.15, -0.1) is 0 Å². The van der Waals surface area contributed by atoms with Gasteiger partial charge in [0.2, 0.25) is 11.8 Å². The highest BCUT2D eigenvalue weighted by Crippen LogP contribution is 2.31. The number of nitrogens with one attached hydrogen (secondary N) is 2. The van der Waals surface area contributed by atoms with Crippen LogP contribution >= 0.6 is 0 Å². The summed E-state index contributed by atoms with van der Waals surface area (Å²) < 4.78 is 0. The molecule has 2 aliphatic rings. The third-order valence-electron chi connectivity index (χ3n) is 3.91. The summed E-state index contributed by atoms with van der Waals surface area (Å²) in [6, 6.07) is 0.0965. The lowest BCUT2D eigenvalue weighted by molar-refractivity contribution is -0.128. The van der Waals surface area contributed by atoms with E-state index in [-0.39, 0.29) is 23.8 Å². The molecule has 0 aromatic rings. The van der Waals surface area contributed by atoms with E-state index in [1.54, 1.807) is 0 Å². The highest BCUT2D eigenvalue weighted by atomic mass is 16.2. The summed E-state index contributed by atoms with van der Waals surface area (Å²) in [7, 11) is 0. The molecule has 0 bridgehead atoms. The lowest BCUT2D eigenvalue weighted by Crippen LogP contribution is -2.49. The number of carbonyl (C=O) groups is 2. The van der Waals surface area contributed by atoms with Crippen molar-refractivity contribution in [1.29, 1.82) is 0 Å². The second-order valence-electron chi connectivity index (χ2n) is 5.08. The van der Waals surface area contributed by atoms with Gasteiger partial charge in [0.1, 0.15) is 0 Å². The minimum absolute atomic E-state index is 0.0798. The molecule has 3 unspecified atom stereocenters. The molecular weight excluding hydrogens is 218 g/mol. The molecule has 0 spiro atoms. The maximum absolute atomic E-state index is 12.1. The van der Waals surface area contributed by atoms with E-state index in [4.69, 9.17) is 5.73 Å². The molecule has 1 saturated heterocycles. The predicted octanol–water partition coefficient (Wildman–Crippen LogP) is -0.244. The molecule has 17 heavy (non-hydrogen) atoms. The van der Waals surface area contributed by atoms with Crippen molar-refractivity contribution < 1.29 is 9.59 Å². The zero-order valence-corrected chi connectivity index (χ0v) is 10.1. The maximum Gasteiger partial charge on any atom is 0.223 e. The largest absolute Gasteiger partial charge is 0.354 e. The fraction of sp³-hybridized carbons (Fsp3) is 0.833. The number of hydrogen-bond donors (Lipinski definition) is 3. The average Bonchev–Trinajstić information content (AvgIpc) is 2.80. The van der Waals surface area contributed by atoms with Gasteiger partial charge in [0.25, 0.3) is 0 Å². The summed E-state index contributed by atoms with van der Waals surface area (Å²) in [6.45, 7) is 1.16. The van der Waals surface area contributed by atoms with Crippen molar-refractivity contribution in [3.8, 4) is 0 Å². The van der Waals surface area contributed by atoms with E-state index in [9.17, 15) is 9.59 Å². The zero-order valence-electron chi connectivity index (χ0n) is 10.1. The molecule has 2 fully saturated rings. The second-order valence-corrected chi connectivity index (χ2v) is 5.08. The van der Waals surface area contributed by atoms with Gasteiger partial charge in [-0.1, -0.05) is 6.42 Å². The third kappa shape index (κ3) is 2.97. The van der Waals surface area contributed by atoms with Gasteiger partial charge >= 0.3 is 0 Å². The molecule has 0 radical (unpaired) electrons. The minimum Gasteiger partial charge on any atom is -0.354 e. The Morgan fingerprint density at radius 2 is 2.24 bits per heavy atom. The standard InChI is InChI=1S/C12H21N3O2/c13-6-8-2-1-3-10(8)12(17)15-9-4-5-11(16)14-7-9/h8-10H,1-7,13H2,(H,14,16)(H,15,17). The van der Waals surface area contributed by atoms with Crippen LogP contribution < -0.4 is 16.4 Å². The highest BCUT2D eigenvalue weighted by Gasteiger charge is 2.33. The number of hydrogen-bond acceptors (Lipinski definition) is 3. The first kappa shape index (κ1) is 12.4. The predicted molar refractivity (Wildman–Crippen MR) is 64.1 cm³/mol. The second kappa shape index (κ2) is 5.49. The Balaban J connectivity index is 1.82. The fourth-order valence-electron chi connectivity index (χ4n) is 2.83. The molecule has 0 aromatic carbocycles. The van der Waals surface area contributed by atoms with Crippen LogP contribution in [0.15, 0.2) is 0 Å². The topological polar surface area (TPSA) is 84.2 Å². The molecule has 5 nitrogen and oxygen atoms in total. The number of piperidine rings is 1. The number of rotatable bonds is 3. The Labute approximate surface area is 102 Å². The van der Waals surface area contributed by atoms with Gasteiger partial charge in [0.15, 0.2) is 0 Å². The van der Waals surface area contributed by atoms with Crippen molar-refractivity contribution >= 4 is 11.8 Å². The molecule has 1 aliphatic heterocycles. The third-order valence-corrected chi connectivity index (χ3v) is 3.91. The van der Waals surface area contributed by atoms with Crippen LogP contribution in [0.1, 0.15) is 32.1 Å². The summed E-state index contributed by atoms with van der Waals surface area (Å²) in [4.78, 5) is 23.1. The molecule has 1 heterocycles. The summed E-state index contributed by atoms with van der Waals surface area (Å²) >= 11 is 0. The lowest BCUT2D eigenvalue weighted by atomic mass is 9.94. The normalized spacial score (nSPS) is 33.2. The van der Waals surface area contributed by atoms with Crippen LogP contribution in [0.5, 0.6) is 0 Å². The summed E-state index contributed by atoms with van der Waals surface area (Å²) in [6.07, 6.45) is 4.37. The Kier molecular flexibility index (Phi) is 3.99. The van der Waals surface area contributed by atoms with Gasteiger partial charge < -0.3 is 16.4 Å². The number of amides is 2. The Bertz CT molecular complexity index is 296. The molecule has 2 amide bonds. The van der Waals surface area contributed by atoms with Crippen molar-refractivity contribution in [3.05, 3.63) is 0 Å². The minimum atomic E-state index is 0.0798. The zero-order chi connectivity index (χ0) is 12.3. The molecule has 1 saturated carbocycles. The van der Waals surface area contributed by atoms with Crippen molar-refractivity contribution in [2.75, 3.05) is 13.1 Å². The van der Waals surface area contributed by atoms with Crippen molar-refractivity contribution in [2.45, 2.75) is 38.1 Å². The Morgan fingerprint density at radius 3 is 2.88 bits per heavy atom. The monoisotopic (exact) mass is 239 g/mol. The van der Waals surface area contributed by atoms with Crippen LogP contribution in [0.4, 0.5) is 0 Å². The number of carbonyl (C=O) groups excluding carboxylic acids is 2. The first-order valence-electron chi connectivity index (χ1n) is 6.48. The van der Waals surface area contributed by atoms with Gasteiger partial charge in [-0.2, -0.15) is 0 Å². The van der Waals surface area contributed by atoms with Gasteiger partial charge in [0.05, 0.1) is 0 Å². The van der Waals surface area contributed by atoms with Gasteiger partial charge in [-0.3, -0.25) is 9.59 Å². The van der Waals surface area contributed by atoms with E-state index in [1.807, 2.05) is 0 Å². The van der Waals surface area contributed by atoms with E-state index in [0.717, 1.165) is 25.7 Å². The van der Waals surface area contributed by atoms with Crippen LogP contribution in [-0.4, -0.2) is 30.9 Å². The van der Waals surface area contributed by atoms with Crippen LogP contribution in [-0.2, 0) is 9.59 Å². The molecule has 1 aliphatic carbocycles. The Morgan fingerprint density at radius 1 is 1.41 bits per heavy atom. The van der Waals surface area contributed by atoms with Crippen LogP contribution in [0.2, 0.25) is 0 Å². The summed E-state index contributed by atoms with van der Waals surface area (Å²) in [5, 5.41) is 5.81. The lowest BCUT2D eigenvalue weighted by Gasteiger charge is -2.26. The molecular formula is C12H21N3O2. The van der Waals surface area contributed by atoms with E-state index in [0.29, 0.717) is 25.4 Å². The van der Waals surface area contributed by atoms with Crippen molar-refractivity contribution in [3.63, 3.8) is 0 Å². The molecule has 0 aromatic heterocycles. The SMILES string of the molecule is NCC1CCCC1C(=O)NC1CCC(=O)NC1. The smallest absolute Gasteiger partial charge is 0.223 e. The van der Waals surface area contributed by atoms with Crippen molar-refractivity contribution in [2.24, 2.45) is 17.6 Å². The van der Waals surface area contributed by atoms with E-state index >= 15 is 0 Å². The highest BCUT2D eigenvalue weighted by molar-refractivity contribution is 5.81. The van der Waals surface area contributed by atoms with Gasteiger partial charge in [-0.05, 0) is 31.7 Å². The van der Waals surface area contributed by atoms with Crippen molar-refractivity contribution in [1.82, 2.24) is 10.6 Å². The van der Waals surface area contributed by atoms with E-state index in [1.165, 1.54) is 0 Å². The number of nitrogens with two attached hydrogens (primary N) is 1. The molecule has 96 valence electrons. The molecule has 2 rings (SSSR count). The Hall–Kier alpha value is -1.10. The maximum atomic E-state index is 12.1. The summed E-state index contributed by atoms with van der Waals surface area (Å²) in [5.74, 6) is 0.626. The van der Waals surface area contributed by atoms with Crippen LogP contribution in [0.3, 0.4) is 0 Å². The molecule has 5 heteroatoms. The fourth-order valence-corrected chi connectivity index (χ4v) is 2.83. The van der Waals surface area contributed by atoms with Crippen LogP contribution in [0.25, 0.3) is 0 Å². The quantitative estimate of drug-likeness (QED) is 0.635. The van der Waals surface area contributed by atoms with Gasteiger partial charge in [-0.25, -0.2) is 0 Å². The van der Waals surface area contributed by atoms with Gasteiger partial charge in [0, 0.05) is 24.9 Å². The van der Waals surface area contributed by atoms with E-state index in [2.05, 4.69) is 10.6 Å². The molecule has 3 atom stereocenters. The first-order chi connectivity index (χ1) is 8.20. The average molecular weight is 239 g/mol. The first-order valence-corrected chi connectivity index (χ1v) is 6.48. The summed E-state index contributed by atoms with van der Waals surface area (Å²) in [5.41, 5.74) is 5.68.